The Balaban J connectivity index is 3.96. The highest BCUT2D eigenvalue weighted by Gasteiger charge is 2.25. The van der Waals surface area contributed by atoms with Gasteiger partial charge in [0.05, 0.1) is 0 Å². The van der Waals surface area contributed by atoms with Crippen molar-refractivity contribution in [2.75, 3.05) is 0 Å². The van der Waals surface area contributed by atoms with Gasteiger partial charge in [-0.05, 0) is 40.5 Å². The second kappa shape index (κ2) is 5.35. The molecule has 0 fully saturated rings. The Morgan fingerprint density at radius 2 is 1.47 bits per heavy atom. The lowest BCUT2D eigenvalue weighted by atomic mass is 10.1. The second-order valence-corrected chi connectivity index (χ2v) is 4.75. The summed E-state index contributed by atoms with van der Waals surface area (Å²) in [6.45, 7) is 11.2. The van der Waals surface area contributed by atoms with Gasteiger partial charge in [0, 0.05) is 0 Å². The average Bonchev–Trinajstić information content (AvgIpc) is 2.15. The van der Waals surface area contributed by atoms with Crippen molar-refractivity contribution >= 4 is 6.16 Å². The van der Waals surface area contributed by atoms with Crippen molar-refractivity contribution in [2.45, 2.75) is 65.6 Å². The van der Waals surface area contributed by atoms with Crippen LogP contribution in [0, 0.1) is 0 Å². The van der Waals surface area contributed by atoms with Crippen molar-refractivity contribution in [3.63, 3.8) is 0 Å². The number of hydrogen-bond donors (Lipinski definition) is 0. The molecule has 0 rings (SSSR count). The smallest absolute Gasteiger partial charge is 0.426 e. The summed E-state index contributed by atoms with van der Waals surface area (Å²) < 4.78 is 5.04. The van der Waals surface area contributed by atoms with Crippen molar-refractivity contribution in [2.24, 2.45) is 0 Å². The van der Waals surface area contributed by atoms with Crippen LogP contribution in [0.3, 0.4) is 0 Å². The molecule has 0 aromatic rings. The van der Waals surface area contributed by atoms with Gasteiger partial charge in [0.25, 0.3) is 0 Å². The van der Waals surface area contributed by atoms with E-state index in [2.05, 4.69) is 4.89 Å². The Morgan fingerprint density at radius 3 is 1.87 bits per heavy atom. The molecule has 0 aliphatic rings. The Labute approximate surface area is 91.8 Å². The highest BCUT2D eigenvalue weighted by Crippen LogP contribution is 2.17. The molecule has 0 aromatic carbocycles. The summed E-state index contributed by atoms with van der Waals surface area (Å²) in [5.74, 6) is 0. The Kier molecular flexibility index (Phi) is 5.08. The van der Waals surface area contributed by atoms with Gasteiger partial charge >= 0.3 is 6.16 Å². The van der Waals surface area contributed by atoms with Gasteiger partial charge < -0.3 is 4.74 Å². The Morgan fingerprint density at radius 1 is 1.00 bits per heavy atom. The predicted octanol–water partition coefficient (Wildman–Crippen LogP) is 3.45. The van der Waals surface area contributed by atoms with E-state index in [9.17, 15) is 4.79 Å². The molecule has 0 bridgehead atoms. The standard InChI is InChI=1S/C11H22O4/c1-7-10(3,4)13-9(12)14-15-11(5,6)8-2/h7-8H2,1-6H3. The van der Waals surface area contributed by atoms with E-state index >= 15 is 0 Å². The molecule has 0 radical (unpaired) electrons. The van der Waals surface area contributed by atoms with E-state index in [1.54, 1.807) is 0 Å². The molecule has 90 valence electrons. The lowest BCUT2D eigenvalue weighted by Gasteiger charge is -2.24. The third-order valence-corrected chi connectivity index (χ3v) is 2.40. The molecule has 0 aromatic heterocycles. The highest BCUT2D eigenvalue weighted by molar-refractivity contribution is 5.59. The Hall–Kier alpha value is -0.770. The Bertz CT molecular complexity index is 209. The maximum absolute atomic E-state index is 11.2. The molecule has 0 aliphatic heterocycles. The number of rotatable bonds is 5. The van der Waals surface area contributed by atoms with Crippen LogP contribution < -0.4 is 0 Å². The van der Waals surface area contributed by atoms with Gasteiger partial charge in [-0.15, -0.1) is 0 Å². The minimum Gasteiger partial charge on any atom is -0.426 e. The molecular weight excluding hydrogens is 196 g/mol. The predicted molar refractivity (Wildman–Crippen MR) is 57.4 cm³/mol. The van der Waals surface area contributed by atoms with E-state index in [0.717, 1.165) is 12.8 Å². The van der Waals surface area contributed by atoms with Crippen molar-refractivity contribution in [1.82, 2.24) is 0 Å². The quantitative estimate of drug-likeness (QED) is 0.403. The number of carbonyl (C=O) groups excluding carboxylic acids is 1. The topological polar surface area (TPSA) is 44.8 Å². The van der Waals surface area contributed by atoms with Gasteiger partial charge in [-0.2, -0.15) is 4.89 Å². The summed E-state index contributed by atoms with van der Waals surface area (Å²) in [5.41, 5.74) is -0.994. The largest absolute Gasteiger partial charge is 0.541 e. The summed E-state index contributed by atoms with van der Waals surface area (Å²) in [6.07, 6.45) is 0.680. The van der Waals surface area contributed by atoms with Crippen molar-refractivity contribution in [1.29, 1.82) is 0 Å². The van der Waals surface area contributed by atoms with Gasteiger partial charge in [0.15, 0.2) is 0 Å². The molecule has 4 nitrogen and oxygen atoms in total. The van der Waals surface area contributed by atoms with Gasteiger partial charge in [0.1, 0.15) is 11.2 Å². The summed E-state index contributed by atoms with van der Waals surface area (Å²) in [5, 5.41) is 0. The van der Waals surface area contributed by atoms with Crippen LogP contribution in [0.4, 0.5) is 4.79 Å². The van der Waals surface area contributed by atoms with Crippen molar-refractivity contribution in [3.05, 3.63) is 0 Å². The van der Waals surface area contributed by atoms with Gasteiger partial charge in [-0.1, -0.05) is 13.8 Å². The molecule has 0 saturated carbocycles. The molecule has 0 N–H and O–H groups in total. The van der Waals surface area contributed by atoms with E-state index in [4.69, 9.17) is 9.62 Å². The molecule has 4 heteroatoms. The van der Waals surface area contributed by atoms with Gasteiger partial charge in [-0.25, -0.2) is 4.79 Å². The number of carbonyl (C=O) groups is 1. The van der Waals surface area contributed by atoms with E-state index in [1.165, 1.54) is 0 Å². The molecule has 0 saturated heterocycles. The number of ether oxygens (including phenoxy) is 1. The molecule has 0 amide bonds. The van der Waals surface area contributed by atoms with Gasteiger partial charge in [-0.3, -0.25) is 4.89 Å². The molecule has 0 unspecified atom stereocenters. The van der Waals surface area contributed by atoms with E-state index in [-0.39, 0.29) is 0 Å². The lowest BCUT2D eigenvalue weighted by molar-refractivity contribution is -0.321. The first kappa shape index (κ1) is 14.2. The van der Waals surface area contributed by atoms with Gasteiger partial charge in [0.2, 0.25) is 0 Å². The molecular formula is C11H22O4. The maximum Gasteiger partial charge on any atom is 0.541 e. The fourth-order valence-electron chi connectivity index (χ4n) is 0.521. The van der Waals surface area contributed by atoms with Crippen LogP contribution in [-0.2, 0) is 14.5 Å². The van der Waals surface area contributed by atoms with Crippen LogP contribution in [0.1, 0.15) is 54.4 Å². The normalized spacial score (nSPS) is 12.4. The SMILES string of the molecule is CCC(C)(C)OOC(=O)OC(C)(C)CC. The first-order valence-electron chi connectivity index (χ1n) is 5.31. The van der Waals surface area contributed by atoms with Crippen LogP contribution in [-0.4, -0.2) is 17.4 Å². The molecule has 0 atom stereocenters. The highest BCUT2D eigenvalue weighted by atomic mass is 17.2. The molecule has 0 spiro atoms. The lowest BCUT2D eigenvalue weighted by Crippen LogP contribution is -2.30. The first-order chi connectivity index (χ1) is 6.72. The van der Waals surface area contributed by atoms with E-state index in [0.29, 0.717) is 0 Å². The second-order valence-electron chi connectivity index (χ2n) is 4.75. The first-order valence-corrected chi connectivity index (χ1v) is 5.31. The number of hydrogen-bond acceptors (Lipinski definition) is 4. The van der Waals surface area contributed by atoms with Crippen LogP contribution in [0.25, 0.3) is 0 Å². The molecule has 15 heavy (non-hydrogen) atoms. The molecule has 0 heterocycles. The fourth-order valence-corrected chi connectivity index (χ4v) is 0.521. The zero-order valence-corrected chi connectivity index (χ0v) is 10.5. The summed E-state index contributed by atoms with van der Waals surface area (Å²) in [6, 6.07) is 0. The molecule has 0 aliphatic carbocycles. The van der Waals surface area contributed by atoms with Crippen LogP contribution in [0.15, 0.2) is 0 Å². The van der Waals surface area contributed by atoms with Crippen LogP contribution >= 0.6 is 0 Å². The summed E-state index contributed by atoms with van der Waals surface area (Å²) >= 11 is 0. The minimum absolute atomic E-state index is 0.477. The maximum atomic E-state index is 11.2. The summed E-state index contributed by atoms with van der Waals surface area (Å²) in [4.78, 5) is 20.7. The van der Waals surface area contributed by atoms with Crippen molar-refractivity contribution in [3.8, 4) is 0 Å². The fraction of sp³-hybridized carbons (Fsp3) is 0.909. The summed E-state index contributed by atoms with van der Waals surface area (Å²) in [7, 11) is 0. The average molecular weight is 218 g/mol. The van der Waals surface area contributed by atoms with E-state index in [1.807, 2.05) is 41.5 Å². The third kappa shape index (κ3) is 6.33. The minimum atomic E-state index is -0.789. The zero-order chi connectivity index (χ0) is 12.1. The van der Waals surface area contributed by atoms with Crippen molar-refractivity contribution < 1.29 is 19.3 Å². The zero-order valence-electron chi connectivity index (χ0n) is 10.5. The van der Waals surface area contributed by atoms with Crippen LogP contribution in [0.5, 0.6) is 0 Å². The van der Waals surface area contributed by atoms with Crippen LogP contribution in [0.2, 0.25) is 0 Å². The van der Waals surface area contributed by atoms with E-state index < -0.39 is 17.4 Å². The third-order valence-electron chi connectivity index (χ3n) is 2.40. The monoisotopic (exact) mass is 218 g/mol.